The van der Waals surface area contributed by atoms with Gasteiger partial charge in [0.25, 0.3) is 0 Å². The van der Waals surface area contributed by atoms with Crippen molar-refractivity contribution in [2.24, 2.45) is 0 Å². The van der Waals surface area contributed by atoms with E-state index in [1.54, 1.807) is 23.8 Å². The topological polar surface area (TPSA) is 117 Å². The number of para-hydroxylation sites is 1. The molecule has 0 radical (unpaired) electrons. The van der Waals surface area contributed by atoms with Gasteiger partial charge in [0.05, 0.1) is 19.4 Å². The van der Waals surface area contributed by atoms with Crippen molar-refractivity contribution in [1.29, 1.82) is 0 Å². The van der Waals surface area contributed by atoms with E-state index >= 15 is 0 Å². The van der Waals surface area contributed by atoms with Crippen LogP contribution in [-0.2, 0) is 19.1 Å². The van der Waals surface area contributed by atoms with E-state index < -0.39 is 16.7 Å². The summed E-state index contributed by atoms with van der Waals surface area (Å²) in [5.41, 5.74) is 1.81. The summed E-state index contributed by atoms with van der Waals surface area (Å²) in [4.78, 5) is 38.1. The van der Waals surface area contributed by atoms with Crippen molar-refractivity contribution >= 4 is 35.3 Å². The lowest BCUT2D eigenvalue weighted by atomic mass is 9.94. The lowest BCUT2D eigenvalue weighted by molar-refractivity contribution is -0.134. The first-order chi connectivity index (χ1) is 20.6. The Balaban J connectivity index is 0.000000557. The quantitative estimate of drug-likeness (QED) is 0.213. The summed E-state index contributed by atoms with van der Waals surface area (Å²) in [5.74, 6) is -0.972. The maximum Gasteiger partial charge on any atom is 0.328 e. The van der Waals surface area contributed by atoms with Crippen molar-refractivity contribution in [3.63, 3.8) is 0 Å². The van der Waals surface area contributed by atoms with E-state index in [4.69, 9.17) is 19.7 Å². The summed E-state index contributed by atoms with van der Waals surface area (Å²) in [6.45, 7) is 3.80. The van der Waals surface area contributed by atoms with Gasteiger partial charge in [0.15, 0.2) is 0 Å². The first-order valence-corrected chi connectivity index (χ1v) is 15.6. The second-order valence-electron chi connectivity index (χ2n) is 11.0. The number of hydrogen-bond acceptors (Lipinski definition) is 7. The number of hydrogen-bond donors (Lipinski definition) is 2. The van der Waals surface area contributed by atoms with Crippen molar-refractivity contribution < 1.29 is 34.1 Å². The van der Waals surface area contributed by atoms with Crippen molar-refractivity contribution in [2.75, 3.05) is 39.3 Å². The van der Waals surface area contributed by atoms with Crippen LogP contribution in [0.5, 0.6) is 11.5 Å². The molecule has 10 heteroatoms. The third kappa shape index (κ3) is 9.49. The highest BCUT2D eigenvalue weighted by atomic mass is 32.2. The smallest absolute Gasteiger partial charge is 0.328 e. The predicted octanol–water partition coefficient (Wildman–Crippen LogP) is 6.20. The van der Waals surface area contributed by atoms with E-state index in [1.807, 2.05) is 50.4 Å². The molecule has 2 aromatic carbocycles. The van der Waals surface area contributed by atoms with Crippen LogP contribution in [-0.4, -0.2) is 73.4 Å². The van der Waals surface area contributed by atoms with E-state index in [2.05, 4.69) is 18.0 Å². The molecule has 1 aliphatic carbocycles. The molecule has 2 aromatic rings. The van der Waals surface area contributed by atoms with Gasteiger partial charge in [-0.25, -0.2) is 9.59 Å². The number of rotatable bonds is 12. The maximum atomic E-state index is 13.6. The Kier molecular flexibility index (Phi) is 12.9. The molecule has 1 aliphatic heterocycles. The molecule has 2 aliphatic rings. The molecule has 0 bridgehead atoms. The molecule has 1 unspecified atom stereocenters. The SMILES string of the molecule is COc1ccc(OCCCCCN(C)C2CCCCC2)c(C2(C)Sc3ccccc3N(C)C2=O)c1.O=C(O)C=CC(=O)O. The minimum atomic E-state index is -1.26. The van der Waals surface area contributed by atoms with E-state index in [0.29, 0.717) is 18.8 Å². The normalized spacial score (nSPS) is 18.6. The fraction of sp³-hybridized carbons (Fsp3) is 0.485. The first kappa shape index (κ1) is 34.0. The molecule has 0 saturated heterocycles. The molecule has 0 spiro atoms. The molecule has 1 heterocycles. The average Bonchev–Trinajstić information content (AvgIpc) is 3.01. The van der Waals surface area contributed by atoms with E-state index in [9.17, 15) is 14.4 Å². The predicted molar refractivity (Wildman–Crippen MR) is 169 cm³/mol. The minimum absolute atomic E-state index is 0.0463. The van der Waals surface area contributed by atoms with Crippen LogP contribution in [0.15, 0.2) is 59.5 Å². The Hall–Kier alpha value is -3.50. The van der Waals surface area contributed by atoms with E-state index in [-0.39, 0.29) is 5.91 Å². The number of carbonyl (C=O) groups excluding carboxylic acids is 1. The number of carboxylic acids is 2. The second-order valence-corrected chi connectivity index (χ2v) is 12.5. The third-order valence-electron chi connectivity index (χ3n) is 7.93. The molecule has 1 fully saturated rings. The van der Waals surface area contributed by atoms with Crippen LogP contribution < -0.4 is 14.4 Å². The van der Waals surface area contributed by atoms with Crippen molar-refractivity contribution in [2.45, 2.75) is 74.0 Å². The molecular weight excluding hydrogens is 568 g/mol. The van der Waals surface area contributed by atoms with Gasteiger partial charge in [-0.15, -0.1) is 11.8 Å². The zero-order chi connectivity index (χ0) is 31.4. The number of ether oxygens (including phenoxy) is 2. The van der Waals surface area contributed by atoms with Crippen LogP contribution in [0.2, 0.25) is 0 Å². The van der Waals surface area contributed by atoms with Crippen LogP contribution in [0.3, 0.4) is 0 Å². The van der Waals surface area contributed by atoms with Crippen molar-refractivity contribution in [3.8, 4) is 11.5 Å². The minimum Gasteiger partial charge on any atom is -0.497 e. The highest BCUT2D eigenvalue weighted by Crippen LogP contribution is 2.52. The zero-order valence-electron chi connectivity index (χ0n) is 25.6. The number of fused-ring (bicyclic) bond motifs is 1. The standard InChI is InChI=1S/C29H40N2O3S.C4H4O4/c1-29(28(32)31(3)25-15-9-10-16-27(25)35-29)24-21-23(33-4)17-18-26(24)34-20-12-6-11-19-30(2)22-13-7-5-8-14-22;5-3(6)1-2-4(7)8/h9-10,15-18,21-22H,5-8,11-14,19-20H2,1-4H3;1-2H,(H,5,6)(H,7,8). The summed E-state index contributed by atoms with van der Waals surface area (Å²) in [6, 6.07) is 14.7. The largest absolute Gasteiger partial charge is 0.497 e. The summed E-state index contributed by atoms with van der Waals surface area (Å²) in [7, 11) is 5.79. The maximum absolute atomic E-state index is 13.6. The van der Waals surface area contributed by atoms with E-state index in [0.717, 1.165) is 53.1 Å². The van der Waals surface area contributed by atoms with Crippen molar-refractivity contribution in [1.82, 2.24) is 4.90 Å². The highest BCUT2D eigenvalue weighted by molar-refractivity contribution is 8.01. The van der Waals surface area contributed by atoms with Crippen LogP contribution in [0.1, 0.15) is 63.9 Å². The third-order valence-corrected chi connectivity index (χ3v) is 9.30. The van der Waals surface area contributed by atoms with Crippen LogP contribution in [0.4, 0.5) is 5.69 Å². The molecule has 2 N–H and O–H groups in total. The van der Waals surface area contributed by atoms with Crippen molar-refractivity contribution in [3.05, 3.63) is 60.2 Å². The molecule has 4 rings (SSSR count). The van der Waals surface area contributed by atoms with Gasteiger partial charge in [0, 0.05) is 35.7 Å². The Bertz CT molecular complexity index is 1260. The van der Waals surface area contributed by atoms with Gasteiger partial charge in [-0.1, -0.05) is 31.4 Å². The van der Waals surface area contributed by atoms with Gasteiger partial charge < -0.3 is 29.5 Å². The summed E-state index contributed by atoms with van der Waals surface area (Å²) >= 11 is 1.59. The van der Waals surface area contributed by atoms with Gasteiger partial charge in [0.2, 0.25) is 5.91 Å². The number of unbranched alkanes of at least 4 members (excludes halogenated alkanes) is 2. The lowest BCUT2D eigenvalue weighted by Crippen LogP contribution is -2.44. The number of benzene rings is 2. The Morgan fingerprint density at radius 2 is 1.72 bits per heavy atom. The Labute approximate surface area is 258 Å². The number of likely N-dealkylation sites (N-methyl/N-ethyl adjacent to an activating group) is 1. The molecule has 0 aromatic heterocycles. The fourth-order valence-electron chi connectivity index (χ4n) is 5.49. The number of anilines is 1. The van der Waals surface area contributed by atoms with Gasteiger partial charge in [-0.05, 0) is 83.0 Å². The first-order valence-electron chi connectivity index (χ1n) is 14.8. The highest BCUT2D eigenvalue weighted by Gasteiger charge is 2.45. The summed E-state index contributed by atoms with van der Waals surface area (Å²) in [6.07, 6.45) is 11.3. The van der Waals surface area contributed by atoms with Crippen LogP contribution >= 0.6 is 11.8 Å². The van der Waals surface area contributed by atoms with Crippen LogP contribution in [0.25, 0.3) is 0 Å². The lowest BCUT2D eigenvalue weighted by Gasteiger charge is -2.39. The monoisotopic (exact) mass is 612 g/mol. The Morgan fingerprint density at radius 3 is 2.37 bits per heavy atom. The average molecular weight is 613 g/mol. The zero-order valence-corrected chi connectivity index (χ0v) is 26.4. The molecule has 1 amide bonds. The van der Waals surface area contributed by atoms with Gasteiger partial charge >= 0.3 is 11.9 Å². The molecule has 1 saturated carbocycles. The number of nitrogens with zero attached hydrogens (tertiary/aromatic N) is 2. The molecule has 1 atom stereocenters. The number of aliphatic carboxylic acids is 2. The van der Waals surface area contributed by atoms with Gasteiger partial charge in [-0.2, -0.15) is 0 Å². The summed E-state index contributed by atoms with van der Waals surface area (Å²) in [5, 5.41) is 15.6. The van der Waals surface area contributed by atoms with E-state index in [1.165, 1.54) is 38.5 Å². The molecule has 234 valence electrons. The number of thioether (sulfide) groups is 1. The summed E-state index contributed by atoms with van der Waals surface area (Å²) < 4.78 is 11.0. The van der Waals surface area contributed by atoms with Crippen LogP contribution in [0, 0.1) is 0 Å². The fourth-order valence-corrected chi connectivity index (χ4v) is 6.88. The molecule has 43 heavy (non-hydrogen) atoms. The van der Waals surface area contributed by atoms with Gasteiger partial charge in [0.1, 0.15) is 16.2 Å². The second kappa shape index (κ2) is 16.4. The molecule has 9 nitrogen and oxygen atoms in total. The number of amides is 1. The Morgan fingerprint density at radius 1 is 1.05 bits per heavy atom. The van der Waals surface area contributed by atoms with Gasteiger partial charge in [-0.3, -0.25) is 4.79 Å². The number of carbonyl (C=O) groups is 3. The number of carboxylic acid groups (broad SMARTS) is 2. The molecular formula is C33H44N2O7S. The number of methoxy groups -OCH3 is 1.